The van der Waals surface area contributed by atoms with Crippen LogP contribution in [0, 0.1) is 12.7 Å². The fraction of sp³-hybridized carbons (Fsp3) is 0.190. The van der Waals surface area contributed by atoms with E-state index >= 15 is 0 Å². The second-order valence-electron chi connectivity index (χ2n) is 6.27. The Bertz CT molecular complexity index is 995. The molecule has 0 fully saturated rings. The lowest BCUT2D eigenvalue weighted by Gasteiger charge is -2.19. The first kappa shape index (κ1) is 15.8. The second kappa shape index (κ2) is 6.30. The van der Waals surface area contributed by atoms with Crippen LogP contribution in [0.1, 0.15) is 17.5 Å². The molecule has 0 radical (unpaired) electrons. The third kappa shape index (κ3) is 2.89. The molecule has 1 aromatic heterocycles. The van der Waals surface area contributed by atoms with E-state index in [0.717, 1.165) is 28.5 Å². The molecule has 0 amide bonds. The van der Waals surface area contributed by atoms with E-state index in [1.165, 1.54) is 11.6 Å². The predicted octanol–water partition coefficient (Wildman–Crippen LogP) is 4.86. The molecule has 126 valence electrons. The van der Waals surface area contributed by atoms with Gasteiger partial charge < -0.3 is 9.84 Å². The quantitative estimate of drug-likeness (QED) is 0.727. The highest BCUT2D eigenvalue weighted by Gasteiger charge is 2.17. The topological polar surface area (TPSA) is 42.4 Å². The number of nitrogens with zero attached hydrogens (tertiary/aromatic N) is 1. The summed E-state index contributed by atoms with van der Waals surface area (Å²) < 4.78 is 19.2. The predicted molar refractivity (Wildman–Crippen MR) is 97.0 cm³/mol. The van der Waals surface area contributed by atoms with Gasteiger partial charge in [0, 0.05) is 28.8 Å². The summed E-state index contributed by atoms with van der Waals surface area (Å²) in [7, 11) is 0. The first-order valence-electron chi connectivity index (χ1n) is 8.29. The number of phenols is 1. The number of rotatable bonds is 2. The summed E-state index contributed by atoms with van der Waals surface area (Å²) in [5, 5.41) is 10.7. The van der Waals surface area contributed by atoms with Gasteiger partial charge in [-0.15, -0.1) is 0 Å². The molecular formula is C21H18FNO2. The molecule has 0 unspecified atom stereocenters. The van der Waals surface area contributed by atoms with Gasteiger partial charge in [-0.25, -0.2) is 4.39 Å². The molecule has 0 saturated carbocycles. The number of hydrogen-bond donors (Lipinski definition) is 1. The Labute approximate surface area is 145 Å². The molecule has 25 heavy (non-hydrogen) atoms. The molecule has 3 aromatic rings. The molecule has 1 aliphatic rings. The number of aromatic hydroxyl groups is 1. The largest absolute Gasteiger partial charge is 0.508 e. The number of phenolic OH excluding ortho intramolecular Hbond substituents is 1. The number of hydrogen-bond acceptors (Lipinski definition) is 3. The van der Waals surface area contributed by atoms with E-state index in [1.807, 2.05) is 18.3 Å². The van der Waals surface area contributed by atoms with Crippen molar-refractivity contribution in [3.8, 4) is 16.9 Å². The summed E-state index contributed by atoms with van der Waals surface area (Å²) >= 11 is 0. The highest BCUT2D eigenvalue weighted by Crippen LogP contribution is 2.37. The Morgan fingerprint density at radius 2 is 2.04 bits per heavy atom. The third-order valence-corrected chi connectivity index (χ3v) is 4.61. The van der Waals surface area contributed by atoms with Crippen molar-refractivity contribution >= 4 is 16.5 Å². The van der Waals surface area contributed by atoms with Gasteiger partial charge in [-0.1, -0.05) is 12.1 Å². The Morgan fingerprint density at radius 3 is 2.80 bits per heavy atom. The Morgan fingerprint density at radius 1 is 1.16 bits per heavy atom. The minimum Gasteiger partial charge on any atom is -0.508 e. The van der Waals surface area contributed by atoms with Crippen LogP contribution in [0.15, 0.2) is 48.7 Å². The van der Waals surface area contributed by atoms with E-state index in [2.05, 4.69) is 11.1 Å². The lowest BCUT2D eigenvalue weighted by Crippen LogP contribution is -2.05. The zero-order valence-electron chi connectivity index (χ0n) is 13.9. The van der Waals surface area contributed by atoms with Crippen molar-refractivity contribution in [1.82, 2.24) is 4.98 Å². The number of halogens is 1. The van der Waals surface area contributed by atoms with Crippen molar-refractivity contribution in [1.29, 1.82) is 0 Å². The van der Waals surface area contributed by atoms with Gasteiger partial charge in [0.05, 0.1) is 18.7 Å². The molecular weight excluding hydrogens is 317 g/mol. The minimum atomic E-state index is -0.216. The summed E-state index contributed by atoms with van der Waals surface area (Å²) in [6.45, 7) is 3.04. The lowest BCUT2D eigenvalue weighted by molar-refractivity contribution is 0.161. The molecule has 1 aliphatic heterocycles. The normalized spacial score (nSPS) is 14.6. The molecule has 4 heteroatoms. The van der Waals surface area contributed by atoms with E-state index < -0.39 is 0 Å². The molecule has 4 rings (SSSR count). The zero-order chi connectivity index (χ0) is 17.4. The highest BCUT2D eigenvalue weighted by molar-refractivity contribution is 6.00. The molecule has 0 atom stereocenters. The van der Waals surface area contributed by atoms with Gasteiger partial charge in [-0.05, 0) is 54.3 Å². The number of ether oxygens (including phenoxy) is 1. The van der Waals surface area contributed by atoms with Crippen LogP contribution in [0.2, 0.25) is 0 Å². The number of pyridine rings is 1. The van der Waals surface area contributed by atoms with Gasteiger partial charge in [0.25, 0.3) is 0 Å². The average Bonchev–Trinajstić information content (AvgIpc) is 2.63. The summed E-state index contributed by atoms with van der Waals surface area (Å²) in [5.74, 6) is -0.0362. The number of aryl methyl sites for hydroxylation is 1. The van der Waals surface area contributed by atoms with Gasteiger partial charge in [-0.2, -0.15) is 0 Å². The fourth-order valence-corrected chi connectivity index (χ4v) is 3.31. The van der Waals surface area contributed by atoms with Crippen molar-refractivity contribution in [2.45, 2.75) is 13.3 Å². The first-order chi connectivity index (χ1) is 12.1. The summed E-state index contributed by atoms with van der Waals surface area (Å²) in [6.07, 6.45) is 4.73. The fourth-order valence-electron chi connectivity index (χ4n) is 3.31. The van der Waals surface area contributed by atoms with E-state index in [9.17, 15) is 9.50 Å². The van der Waals surface area contributed by atoms with Crippen LogP contribution < -0.4 is 0 Å². The van der Waals surface area contributed by atoms with Crippen molar-refractivity contribution in [2.24, 2.45) is 0 Å². The third-order valence-electron chi connectivity index (χ3n) is 4.61. The maximum atomic E-state index is 13.8. The van der Waals surface area contributed by atoms with Crippen molar-refractivity contribution < 1.29 is 14.2 Å². The monoisotopic (exact) mass is 335 g/mol. The summed E-state index contributed by atoms with van der Waals surface area (Å²) in [4.78, 5) is 4.53. The number of benzene rings is 2. The van der Waals surface area contributed by atoms with Crippen LogP contribution in [-0.2, 0) is 4.74 Å². The maximum absolute atomic E-state index is 13.8. The average molecular weight is 335 g/mol. The van der Waals surface area contributed by atoms with Gasteiger partial charge in [0.15, 0.2) is 0 Å². The number of fused-ring (bicyclic) bond motifs is 1. The number of aromatic nitrogens is 1. The van der Waals surface area contributed by atoms with Crippen molar-refractivity contribution in [2.75, 3.05) is 13.2 Å². The Hall–Kier alpha value is -2.72. The lowest BCUT2D eigenvalue weighted by atomic mass is 9.90. The second-order valence-corrected chi connectivity index (χ2v) is 6.27. The van der Waals surface area contributed by atoms with Crippen LogP contribution >= 0.6 is 0 Å². The smallest absolute Gasteiger partial charge is 0.126 e. The van der Waals surface area contributed by atoms with Crippen molar-refractivity contribution in [3.05, 3.63) is 65.6 Å². The maximum Gasteiger partial charge on any atom is 0.126 e. The van der Waals surface area contributed by atoms with Crippen LogP contribution in [0.4, 0.5) is 4.39 Å². The minimum absolute atomic E-state index is 0.180. The van der Waals surface area contributed by atoms with Gasteiger partial charge in [0.2, 0.25) is 0 Å². The van der Waals surface area contributed by atoms with Crippen LogP contribution in [-0.4, -0.2) is 23.3 Å². The van der Waals surface area contributed by atoms with Gasteiger partial charge in [0.1, 0.15) is 11.6 Å². The Kier molecular flexibility index (Phi) is 3.98. The van der Waals surface area contributed by atoms with E-state index in [-0.39, 0.29) is 11.6 Å². The molecule has 0 bridgehead atoms. The molecule has 2 aromatic carbocycles. The van der Waals surface area contributed by atoms with Crippen LogP contribution in [0.3, 0.4) is 0 Å². The molecule has 0 aliphatic carbocycles. The van der Waals surface area contributed by atoms with Gasteiger partial charge >= 0.3 is 0 Å². The standard InChI is InChI=1S/C21H18FNO2/c1-13-10-15(2-5-19(13)22)21-17-4-3-16(24)11-20(17)23-12-18(21)14-6-8-25-9-7-14/h2-6,10-12,24H,7-9H2,1H3. The van der Waals surface area contributed by atoms with Crippen LogP contribution in [0.5, 0.6) is 5.75 Å². The van der Waals surface area contributed by atoms with E-state index in [4.69, 9.17) is 4.74 Å². The van der Waals surface area contributed by atoms with Crippen LogP contribution in [0.25, 0.3) is 27.6 Å². The highest BCUT2D eigenvalue weighted by atomic mass is 19.1. The van der Waals surface area contributed by atoms with Crippen molar-refractivity contribution in [3.63, 3.8) is 0 Å². The SMILES string of the molecule is Cc1cc(-c2c(C3=CCOCC3)cnc3cc(O)ccc23)ccc1F. The van der Waals surface area contributed by atoms with Gasteiger partial charge in [-0.3, -0.25) is 4.98 Å². The van der Waals surface area contributed by atoms with E-state index in [1.54, 1.807) is 25.1 Å². The molecule has 2 heterocycles. The summed E-state index contributed by atoms with van der Waals surface area (Å²) in [6, 6.07) is 10.3. The molecule has 1 N–H and O–H groups in total. The molecule has 0 saturated heterocycles. The molecule has 0 spiro atoms. The summed E-state index contributed by atoms with van der Waals surface area (Å²) in [5.41, 5.74) is 5.50. The van der Waals surface area contributed by atoms with E-state index in [0.29, 0.717) is 24.3 Å². The first-order valence-corrected chi connectivity index (χ1v) is 8.29. The Balaban J connectivity index is 2.03. The molecule has 3 nitrogen and oxygen atoms in total. The zero-order valence-corrected chi connectivity index (χ0v) is 13.9.